The van der Waals surface area contributed by atoms with E-state index in [4.69, 9.17) is 4.42 Å². The third-order valence-corrected chi connectivity index (χ3v) is 4.28. The molecule has 3 nitrogen and oxygen atoms in total. The van der Waals surface area contributed by atoms with Crippen molar-refractivity contribution in [1.82, 2.24) is 0 Å². The Labute approximate surface area is 143 Å². The average Bonchev–Trinajstić information content (AvgIpc) is 3.06. The van der Waals surface area contributed by atoms with E-state index >= 15 is 0 Å². The minimum atomic E-state index is -0.726. The summed E-state index contributed by atoms with van der Waals surface area (Å²) in [4.78, 5) is 25.1. The van der Waals surface area contributed by atoms with Crippen molar-refractivity contribution >= 4 is 17.6 Å². The van der Waals surface area contributed by atoms with Gasteiger partial charge in [0.15, 0.2) is 5.76 Å². The van der Waals surface area contributed by atoms with Crippen molar-refractivity contribution in [2.45, 2.75) is 27.7 Å². The van der Waals surface area contributed by atoms with E-state index in [-0.39, 0.29) is 29.2 Å². The second kappa shape index (κ2) is 7.91. The molecule has 2 unspecified atom stereocenters. The number of carbonyl (C=O) groups excluding carboxylic acids is 2. The highest BCUT2D eigenvalue weighted by Crippen LogP contribution is 2.33. The molecule has 0 aliphatic heterocycles. The van der Waals surface area contributed by atoms with E-state index in [9.17, 15) is 9.59 Å². The Kier molecular flexibility index (Phi) is 5.91. The molecule has 126 valence electrons. The molecule has 24 heavy (non-hydrogen) atoms. The molecule has 0 fully saturated rings. The zero-order chi connectivity index (χ0) is 17.7. The minimum absolute atomic E-state index is 0.129. The highest BCUT2D eigenvalue weighted by atomic mass is 16.3. The molecule has 2 rings (SSSR count). The highest BCUT2D eigenvalue weighted by Gasteiger charge is 2.36. The molecule has 1 aromatic heterocycles. The predicted octanol–water partition coefficient (Wildman–Crippen LogP) is 5.04. The summed E-state index contributed by atoms with van der Waals surface area (Å²) in [5.41, 5.74) is 2.09. The van der Waals surface area contributed by atoms with Gasteiger partial charge in [0, 0.05) is 0 Å². The van der Waals surface area contributed by atoms with Gasteiger partial charge in [-0.3, -0.25) is 9.59 Å². The van der Waals surface area contributed by atoms with Crippen LogP contribution in [-0.2, 0) is 4.79 Å². The van der Waals surface area contributed by atoms with Crippen molar-refractivity contribution in [2.24, 2.45) is 17.8 Å². The lowest BCUT2D eigenvalue weighted by atomic mass is 9.74. The molecule has 0 radical (unpaired) electrons. The Morgan fingerprint density at radius 1 is 1.00 bits per heavy atom. The molecule has 3 heteroatoms. The smallest absolute Gasteiger partial charge is 0.209 e. The maximum Gasteiger partial charge on any atom is 0.209 e. The molecule has 0 amide bonds. The summed E-state index contributed by atoms with van der Waals surface area (Å²) in [5.74, 6) is -0.870. The van der Waals surface area contributed by atoms with Gasteiger partial charge in [-0.25, -0.2) is 0 Å². The van der Waals surface area contributed by atoms with Gasteiger partial charge in [-0.05, 0) is 43.4 Å². The Morgan fingerprint density at radius 2 is 1.67 bits per heavy atom. The molecule has 1 aromatic carbocycles. The molecule has 2 aromatic rings. The van der Waals surface area contributed by atoms with E-state index in [1.807, 2.05) is 51.1 Å². The lowest BCUT2D eigenvalue weighted by Crippen LogP contribution is -2.33. The van der Waals surface area contributed by atoms with Gasteiger partial charge in [-0.15, -0.1) is 0 Å². The van der Waals surface area contributed by atoms with Crippen LogP contribution < -0.4 is 0 Å². The molecule has 0 aliphatic carbocycles. The largest absolute Gasteiger partial charge is 0.461 e. The first-order chi connectivity index (χ1) is 11.4. The summed E-state index contributed by atoms with van der Waals surface area (Å²) in [7, 11) is 0. The Hall–Kier alpha value is -2.42. The molecule has 0 spiro atoms. The molecule has 2 atom stereocenters. The van der Waals surface area contributed by atoms with Crippen LogP contribution in [0.3, 0.4) is 0 Å². The Bertz CT molecular complexity index is 709. The van der Waals surface area contributed by atoms with Crippen LogP contribution in [0.25, 0.3) is 6.08 Å². The Balaban J connectivity index is 2.41. The fourth-order valence-electron chi connectivity index (χ4n) is 3.25. The second-order valence-electron chi connectivity index (χ2n) is 6.50. The number of benzene rings is 1. The third kappa shape index (κ3) is 4.10. The Morgan fingerprint density at radius 3 is 2.17 bits per heavy atom. The fourth-order valence-corrected chi connectivity index (χ4v) is 3.25. The van der Waals surface area contributed by atoms with Crippen LogP contribution in [0.1, 0.15) is 43.8 Å². The van der Waals surface area contributed by atoms with Crippen LogP contribution in [0.4, 0.5) is 0 Å². The standard InChI is InChI=1S/C21H24O3/c1-14(2)19(15(3)13-17-9-6-5-7-10-17)20(16(4)22)21(23)18-11-8-12-24-18/h5-14,19-20H,1-4H3/b15-13+. The van der Waals surface area contributed by atoms with E-state index < -0.39 is 5.92 Å². The normalized spacial score (nSPS) is 14.5. The van der Waals surface area contributed by atoms with Crippen LogP contribution in [-0.4, -0.2) is 11.6 Å². The van der Waals surface area contributed by atoms with Crippen molar-refractivity contribution in [3.05, 3.63) is 65.6 Å². The topological polar surface area (TPSA) is 47.3 Å². The monoisotopic (exact) mass is 324 g/mol. The summed E-state index contributed by atoms with van der Waals surface area (Å²) < 4.78 is 5.23. The van der Waals surface area contributed by atoms with Gasteiger partial charge >= 0.3 is 0 Å². The molecule has 0 saturated heterocycles. The van der Waals surface area contributed by atoms with Crippen LogP contribution >= 0.6 is 0 Å². The van der Waals surface area contributed by atoms with Gasteiger partial charge in [0.05, 0.1) is 12.2 Å². The maximum atomic E-state index is 12.8. The fraction of sp³-hybridized carbons (Fsp3) is 0.333. The summed E-state index contributed by atoms with van der Waals surface area (Å²) in [6.07, 6.45) is 3.51. The first-order valence-corrected chi connectivity index (χ1v) is 8.23. The van der Waals surface area contributed by atoms with E-state index in [0.717, 1.165) is 11.1 Å². The number of Topliss-reactive ketones (excluding diaryl/α,β-unsaturated/α-hetero) is 2. The molecule has 0 aliphatic rings. The summed E-state index contributed by atoms with van der Waals surface area (Å²) >= 11 is 0. The first-order valence-electron chi connectivity index (χ1n) is 8.23. The molecule has 1 heterocycles. The van der Waals surface area contributed by atoms with Gasteiger partial charge in [0.1, 0.15) is 5.78 Å². The van der Waals surface area contributed by atoms with Crippen molar-refractivity contribution in [2.75, 3.05) is 0 Å². The van der Waals surface area contributed by atoms with Gasteiger partial charge < -0.3 is 4.42 Å². The van der Waals surface area contributed by atoms with Gasteiger partial charge in [0.25, 0.3) is 0 Å². The third-order valence-electron chi connectivity index (χ3n) is 4.28. The lowest BCUT2D eigenvalue weighted by molar-refractivity contribution is -0.120. The zero-order valence-electron chi connectivity index (χ0n) is 14.7. The van der Waals surface area contributed by atoms with Gasteiger partial charge in [-0.1, -0.05) is 55.8 Å². The van der Waals surface area contributed by atoms with E-state index in [2.05, 4.69) is 6.08 Å². The highest BCUT2D eigenvalue weighted by molar-refractivity contribution is 6.09. The lowest BCUT2D eigenvalue weighted by Gasteiger charge is -2.28. The van der Waals surface area contributed by atoms with Crippen LogP contribution in [0.5, 0.6) is 0 Å². The van der Waals surface area contributed by atoms with Crippen LogP contribution in [0.15, 0.2) is 58.7 Å². The average molecular weight is 324 g/mol. The van der Waals surface area contributed by atoms with Crippen molar-refractivity contribution < 1.29 is 14.0 Å². The molecular weight excluding hydrogens is 300 g/mol. The molecule has 0 bridgehead atoms. The first kappa shape index (κ1) is 17.9. The van der Waals surface area contributed by atoms with Crippen LogP contribution in [0, 0.1) is 17.8 Å². The van der Waals surface area contributed by atoms with Crippen molar-refractivity contribution in [3.63, 3.8) is 0 Å². The SMILES string of the molecule is CC(=O)C(C(=O)c1ccco1)C(/C(C)=C/c1ccccc1)C(C)C. The molecule has 0 N–H and O–H groups in total. The number of carbonyl (C=O) groups is 2. The van der Waals surface area contributed by atoms with E-state index in [0.29, 0.717) is 0 Å². The summed E-state index contributed by atoms with van der Waals surface area (Å²) in [5, 5.41) is 0. The van der Waals surface area contributed by atoms with Gasteiger partial charge in [0.2, 0.25) is 5.78 Å². The second-order valence-corrected chi connectivity index (χ2v) is 6.50. The number of allylic oxidation sites excluding steroid dienone is 1. The summed E-state index contributed by atoms with van der Waals surface area (Å²) in [6.45, 7) is 7.55. The number of hydrogen-bond acceptors (Lipinski definition) is 3. The molecular formula is C21H24O3. The minimum Gasteiger partial charge on any atom is -0.461 e. The number of ketones is 2. The number of furan rings is 1. The van der Waals surface area contributed by atoms with Gasteiger partial charge in [-0.2, -0.15) is 0 Å². The molecule has 0 saturated carbocycles. The van der Waals surface area contributed by atoms with Crippen molar-refractivity contribution in [3.8, 4) is 0 Å². The number of rotatable bonds is 7. The van der Waals surface area contributed by atoms with Crippen LogP contribution in [0.2, 0.25) is 0 Å². The van der Waals surface area contributed by atoms with E-state index in [1.54, 1.807) is 12.1 Å². The van der Waals surface area contributed by atoms with E-state index in [1.165, 1.54) is 13.2 Å². The quantitative estimate of drug-likeness (QED) is 0.529. The van der Waals surface area contributed by atoms with Crippen molar-refractivity contribution in [1.29, 1.82) is 0 Å². The maximum absolute atomic E-state index is 12.8. The number of hydrogen-bond donors (Lipinski definition) is 0. The predicted molar refractivity (Wildman–Crippen MR) is 95.6 cm³/mol. The zero-order valence-corrected chi connectivity index (χ0v) is 14.7. The summed E-state index contributed by atoms with van der Waals surface area (Å²) in [6, 6.07) is 13.2.